The Morgan fingerprint density at radius 2 is 2.11 bits per heavy atom. The fraction of sp³-hybridized carbons (Fsp3) is 0.429. The average molecular weight is 262 g/mol. The third kappa shape index (κ3) is 3.71. The van der Waals surface area contributed by atoms with Gasteiger partial charge in [0.15, 0.2) is 0 Å². The van der Waals surface area contributed by atoms with Crippen LogP contribution in [0, 0.1) is 0 Å². The molecule has 0 saturated heterocycles. The van der Waals surface area contributed by atoms with Crippen molar-refractivity contribution in [3.05, 3.63) is 35.4 Å². The van der Waals surface area contributed by atoms with Gasteiger partial charge in [-0.05, 0) is 30.4 Å². The lowest BCUT2D eigenvalue weighted by Crippen LogP contribution is -2.37. The van der Waals surface area contributed by atoms with Crippen LogP contribution in [-0.4, -0.2) is 23.7 Å². The van der Waals surface area contributed by atoms with E-state index in [2.05, 4.69) is 16.7 Å². The van der Waals surface area contributed by atoms with E-state index in [1.807, 2.05) is 18.2 Å². The number of urea groups is 1. The van der Waals surface area contributed by atoms with Gasteiger partial charge in [-0.3, -0.25) is 4.79 Å². The molecule has 0 aromatic heterocycles. The highest BCUT2D eigenvalue weighted by atomic mass is 16.4. The fourth-order valence-corrected chi connectivity index (χ4v) is 2.36. The number of rotatable bonds is 5. The predicted molar refractivity (Wildman–Crippen MR) is 70.9 cm³/mol. The second-order valence-corrected chi connectivity index (χ2v) is 4.69. The Labute approximate surface area is 112 Å². The normalized spacial score (nSPS) is 16.7. The van der Waals surface area contributed by atoms with Gasteiger partial charge in [0, 0.05) is 13.0 Å². The molecule has 2 amide bonds. The van der Waals surface area contributed by atoms with Gasteiger partial charge in [-0.25, -0.2) is 4.79 Å². The second-order valence-electron chi connectivity index (χ2n) is 4.69. The smallest absolute Gasteiger partial charge is 0.315 e. The van der Waals surface area contributed by atoms with Gasteiger partial charge in [0.2, 0.25) is 0 Å². The van der Waals surface area contributed by atoms with Crippen LogP contribution in [0.5, 0.6) is 0 Å². The lowest BCUT2D eigenvalue weighted by atomic mass is 10.1. The van der Waals surface area contributed by atoms with Crippen molar-refractivity contribution in [3.8, 4) is 0 Å². The van der Waals surface area contributed by atoms with E-state index in [-0.39, 0.29) is 18.5 Å². The van der Waals surface area contributed by atoms with Crippen LogP contribution in [0.2, 0.25) is 0 Å². The molecular weight excluding hydrogens is 244 g/mol. The summed E-state index contributed by atoms with van der Waals surface area (Å²) in [5, 5.41) is 14.1. The Hall–Kier alpha value is -2.04. The molecule has 19 heavy (non-hydrogen) atoms. The number of aryl methyl sites for hydroxylation is 1. The lowest BCUT2D eigenvalue weighted by molar-refractivity contribution is -0.137. The van der Waals surface area contributed by atoms with E-state index in [1.54, 1.807) is 0 Å². The van der Waals surface area contributed by atoms with Crippen molar-refractivity contribution in [2.45, 2.75) is 31.7 Å². The van der Waals surface area contributed by atoms with E-state index < -0.39 is 5.97 Å². The number of carbonyl (C=O) groups is 2. The molecule has 0 fully saturated rings. The first-order chi connectivity index (χ1) is 9.16. The highest BCUT2D eigenvalue weighted by molar-refractivity contribution is 5.74. The number of benzene rings is 1. The average Bonchev–Trinajstić information content (AvgIpc) is 2.78. The number of hydrogen-bond acceptors (Lipinski definition) is 2. The zero-order valence-corrected chi connectivity index (χ0v) is 10.7. The molecule has 0 heterocycles. The van der Waals surface area contributed by atoms with Gasteiger partial charge in [-0.1, -0.05) is 24.3 Å². The van der Waals surface area contributed by atoms with Gasteiger partial charge in [0.25, 0.3) is 0 Å². The highest BCUT2D eigenvalue weighted by Gasteiger charge is 2.22. The summed E-state index contributed by atoms with van der Waals surface area (Å²) in [5.74, 6) is -0.841. The largest absolute Gasteiger partial charge is 0.481 e. The van der Waals surface area contributed by atoms with E-state index in [4.69, 9.17) is 5.11 Å². The number of carboxylic acid groups (broad SMARTS) is 1. The summed E-state index contributed by atoms with van der Waals surface area (Å²) in [4.78, 5) is 22.0. The number of amides is 2. The Morgan fingerprint density at radius 1 is 1.32 bits per heavy atom. The molecule has 1 atom stereocenters. The number of aliphatic carboxylic acids is 1. The third-order valence-electron chi connectivity index (χ3n) is 3.29. The Balaban J connectivity index is 1.76. The molecule has 0 bridgehead atoms. The Bertz CT molecular complexity index is 474. The van der Waals surface area contributed by atoms with Crippen molar-refractivity contribution in [3.63, 3.8) is 0 Å². The summed E-state index contributed by atoms with van der Waals surface area (Å²) in [6, 6.07) is 7.94. The number of fused-ring (bicyclic) bond motifs is 1. The van der Waals surface area contributed by atoms with Gasteiger partial charge in [-0.15, -0.1) is 0 Å². The van der Waals surface area contributed by atoms with Crippen molar-refractivity contribution < 1.29 is 14.7 Å². The Kier molecular flexibility index (Phi) is 4.39. The fourth-order valence-electron chi connectivity index (χ4n) is 2.36. The van der Waals surface area contributed by atoms with Gasteiger partial charge >= 0.3 is 12.0 Å². The standard InChI is InChI=1S/C14H18N2O3/c17-13(18)6-3-9-15-14(19)16-12-8-7-10-4-1-2-5-11(10)12/h1-2,4-5,12H,3,6-9H2,(H,17,18)(H2,15,16,19). The predicted octanol–water partition coefficient (Wildman–Crippen LogP) is 1.84. The molecule has 0 spiro atoms. The van der Waals surface area contributed by atoms with Crippen LogP contribution >= 0.6 is 0 Å². The monoisotopic (exact) mass is 262 g/mol. The molecule has 3 N–H and O–H groups in total. The van der Waals surface area contributed by atoms with Crippen LogP contribution in [-0.2, 0) is 11.2 Å². The number of nitrogens with one attached hydrogen (secondary N) is 2. The molecule has 1 aromatic rings. The first-order valence-corrected chi connectivity index (χ1v) is 6.51. The van der Waals surface area contributed by atoms with Crippen LogP contribution in [0.4, 0.5) is 4.79 Å². The zero-order chi connectivity index (χ0) is 13.7. The molecular formula is C14H18N2O3. The second kappa shape index (κ2) is 6.22. The van der Waals surface area contributed by atoms with Crippen LogP contribution in [0.1, 0.15) is 36.4 Å². The molecule has 0 saturated carbocycles. The summed E-state index contributed by atoms with van der Waals surface area (Å²) in [7, 11) is 0. The molecule has 1 aromatic carbocycles. The molecule has 5 heteroatoms. The lowest BCUT2D eigenvalue weighted by Gasteiger charge is -2.14. The highest BCUT2D eigenvalue weighted by Crippen LogP contribution is 2.30. The first kappa shape index (κ1) is 13.4. The van der Waals surface area contributed by atoms with Crippen LogP contribution in [0.25, 0.3) is 0 Å². The SMILES string of the molecule is O=C(O)CCCNC(=O)NC1CCc2ccccc21. The van der Waals surface area contributed by atoms with Crippen molar-refractivity contribution >= 4 is 12.0 Å². The van der Waals surface area contributed by atoms with E-state index in [0.29, 0.717) is 13.0 Å². The minimum atomic E-state index is -0.841. The Morgan fingerprint density at radius 3 is 2.89 bits per heavy atom. The first-order valence-electron chi connectivity index (χ1n) is 6.51. The van der Waals surface area contributed by atoms with Crippen molar-refractivity contribution in [1.29, 1.82) is 0 Å². The summed E-state index contributed by atoms with van der Waals surface area (Å²) in [6.45, 7) is 0.381. The number of hydrogen-bond donors (Lipinski definition) is 3. The maximum Gasteiger partial charge on any atom is 0.315 e. The van der Waals surface area contributed by atoms with Crippen LogP contribution in [0.3, 0.4) is 0 Å². The third-order valence-corrected chi connectivity index (χ3v) is 3.29. The van der Waals surface area contributed by atoms with Gasteiger partial charge in [-0.2, -0.15) is 0 Å². The number of carboxylic acids is 1. The molecule has 102 valence electrons. The van der Waals surface area contributed by atoms with E-state index in [1.165, 1.54) is 11.1 Å². The summed E-state index contributed by atoms with van der Waals surface area (Å²) in [6.07, 6.45) is 2.43. The molecule has 0 radical (unpaired) electrons. The van der Waals surface area contributed by atoms with Crippen molar-refractivity contribution in [2.24, 2.45) is 0 Å². The van der Waals surface area contributed by atoms with Gasteiger partial charge in [0.1, 0.15) is 0 Å². The maximum atomic E-state index is 11.7. The number of carbonyl (C=O) groups excluding carboxylic acids is 1. The minimum Gasteiger partial charge on any atom is -0.481 e. The van der Waals surface area contributed by atoms with Crippen LogP contribution < -0.4 is 10.6 Å². The summed E-state index contributed by atoms with van der Waals surface area (Å²) < 4.78 is 0. The topological polar surface area (TPSA) is 78.4 Å². The minimum absolute atomic E-state index is 0.0654. The molecule has 1 aliphatic rings. The quantitative estimate of drug-likeness (QED) is 0.708. The van der Waals surface area contributed by atoms with Crippen molar-refractivity contribution in [2.75, 3.05) is 6.54 Å². The van der Waals surface area contributed by atoms with Gasteiger partial charge < -0.3 is 15.7 Å². The summed E-state index contributed by atoms with van der Waals surface area (Å²) in [5.41, 5.74) is 2.47. The molecule has 2 rings (SSSR count). The van der Waals surface area contributed by atoms with Crippen LogP contribution in [0.15, 0.2) is 24.3 Å². The van der Waals surface area contributed by atoms with Crippen molar-refractivity contribution in [1.82, 2.24) is 10.6 Å². The van der Waals surface area contributed by atoms with E-state index >= 15 is 0 Å². The molecule has 1 unspecified atom stereocenters. The maximum absolute atomic E-state index is 11.7. The van der Waals surface area contributed by atoms with E-state index in [0.717, 1.165) is 12.8 Å². The molecule has 5 nitrogen and oxygen atoms in total. The van der Waals surface area contributed by atoms with Gasteiger partial charge in [0.05, 0.1) is 6.04 Å². The molecule has 1 aliphatic carbocycles. The summed E-state index contributed by atoms with van der Waals surface area (Å²) >= 11 is 0. The molecule has 0 aliphatic heterocycles. The van der Waals surface area contributed by atoms with E-state index in [9.17, 15) is 9.59 Å². The zero-order valence-electron chi connectivity index (χ0n) is 10.7.